The zero-order valence-corrected chi connectivity index (χ0v) is 31.6. The van der Waals surface area contributed by atoms with Gasteiger partial charge in [-0.25, -0.2) is 9.37 Å². The topological polar surface area (TPSA) is 33.5 Å². The first kappa shape index (κ1) is 34.4. The van der Waals surface area contributed by atoms with E-state index in [1.54, 1.807) is 0 Å². The number of halogens is 1. The average Bonchev–Trinajstić information content (AvgIpc) is 3.77. The molecule has 5 nitrogen and oxygen atoms in total. The molecule has 55 heavy (non-hydrogen) atoms. The molecule has 0 fully saturated rings. The molecule has 0 saturated heterocycles. The standard InChI is InChI=1S/C49H43FN4O/c1-5-33-12-11-13-34(6-2)49(33)36-26-39(53-31-52(38-20-18-37(50)19-21-38)45-16-9-10-17-46(45)53)29-41(27-36)55-40-22-23-43-42-14-7-8-15-44(42)54(47(43)30-40)48-28-35(32(3)4)24-25-51-48/h7-30,32H,5-6,31H2,1-4H3. The maximum Gasteiger partial charge on any atom is 0.137 e. The Morgan fingerprint density at radius 3 is 2.05 bits per heavy atom. The highest BCUT2D eigenvalue weighted by Crippen LogP contribution is 2.47. The second kappa shape index (κ2) is 14.1. The van der Waals surface area contributed by atoms with Crippen molar-refractivity contribution in [2.45, 2.75) is 46.5 Å². The van der Waals surface area contributed by atoms with Crippen LogP contribution in [0.5, 0.6) is 11.5 Å². The molecule has 2 aromatic heterocycles. The first-order valence-electron chi connectivity index (χ1n) is 19.2. The Hall–Kier alpha value is -6.40. The Kier molecular flexibility index (Phi) is 8.82. The predicted molar refractivity (Wildman–Crippen MR) is 225 cm³/mol. The van der Waals surface area contributed by atoms with Gasteiger partial charge in [-0.1, -0.05) is 76.2 Å². The summed E-state index contributed by atoms with van der Waals surface area (Å²) in [4.78, 5) is 9.41. The zero-order chi connectivity index (χ0) is 37.6. The summed E-state index contributed by atoms with van der Waals surface area (Å²) < 4.78 is 23.2. The maximum atomic E-state index is 14.0. The molecule has 3 heterocycles. The second-order valence-corrected chi connectivity index (χ2v) is 14.6. The highest BCUT2D eigenvalue weighted by Gasteiger charge is 2.29. The van der Waals surface area contributed by atoms with Crippen LogP contribution < -0.4 is 14.5 Å². The molecule has 0 amide bonds. The molecule has 1 aliphatic heterocycles. The number of aromatic nitrogens is 2. The quantitative estimate of drug-likeness (QED) is 0.149. The highest BCUT2D eigenvalue weighted by molar-refractivity contribution is 6.09. The lowest BCUT2D eigenvalue weighted by molar-refractivity contribution is 0.483. The predicted octanol–water partition coefficient (Wildman–Crippen LogP) is 13.3. The lowest BCUT2D eigenvalue weighted by Gasteiger charge is -2.24. The van der Waals surface area contributed by atoms with Crippen LogP contribution in [0.3, 0.4) is 0 Å². The molecule has 6 aromatic carbocycles. The van der Waals surface area contributed by atoms with E-state index in [9.17, 15) is 4.39 Å². The van der Waals surface area contributed by atoms with E-state index in [1.807, 2.05) is 18.3 Å². The Balaban J connectivity index is 1.19. The molecular weight excluding hydrogens is 680 g/mol. The van der Waals surface area contributed by atoms with Gasteiger partial charge in [-0.2, -0.15) is 0 Å². The van der Waals surface area contributed by atoms with Gasteiger partial charge in [-0.05, 0) is 125 Å². The van der Waals surface area contributed by atoms with Crippen molar-refractivity contribution in [2.75, 3.05) is 16.5 Å². The fourth-order valence-corrected chi connectivity index (χ4v) is 8.15. The minimum absolute atomic E-state index is 0.247. The van der Waals surface area contributed by atoms with Crippen LogP contribution in [0, 0.1) is 5.82 Å². The van der Waals surface area contributed by atoms with E-state index in [0.29, 0.717) is 12.6 Å². The summed E-state index contributed by atoms with van der Waals surface area (Å²) in [6.45, 7) is 9.43. The van der Waals surface area contributed by atoms with Crippen LogP contribution in [-0.4, -0.2) is 16.2 Å². The number of aryl methyl sites for hydroxylation is 2. The average molecular weight is 723 g/mol. The molecule has 0 unspecified atom stereocenters. The van der Waals surface area contributed by atoms with Gasteiger partial charge in [0.15, 0.2) is 0 Å². The van der Waals surface area contributed by atoms with Gasteiger partial charge in [-0.15, -0.1) is 0 Å². The second-order valence-electron chi connectivity index (χ2n) is 14.6. The Labute approximate surface area is 321 Å². The van der Waals surface area contributed by atoms with Crippen molar-refractivity contribution in [3.63, 3.8) is 0 Å². The summed E-state index contributed by atoms with van der Waals surface area (Å²) >= 11 is 0. The van der Waals surface area contributed by atoms with Crippen LogP contribution >= 0.6 is 0 Å². The van der Waals surface area contributed by atoms with E-state index in [-0.39, 0.29) is 5.82 Å². The van der Waals surface area contributed by atoms with Crippen LogP contribution in [0.2, 0.25) is 0 Å². The summed E-state index contributed by atoms with van der Waals surface area (Å²) in [5.74, 6) is 2.52. The Bertz CT molecular complexity index is 2670. The number of benzene rings is 6. The molecule has 1 aliphatic rings. The number of pyridine rings is 1. The summed E-state index contributed by atoms with van der Waals surface area (Å²) in [5, 5.41) is 2.32. The van der Waals surface area contributed by atoms with E-state index >= 15 is 0 Å². The summed E-state index contributed by atoms with van der Waals surface area (Å²) in [5.41, 5.74) is 12.5. The van der Waals surface area contributed by atoms with Gasteiger partial charge in [0.05, 0.1) is 22.4 Å². The molecular formula is C49H43FN4O. The number of ether oxygens (including phenoxy) is 1. The van der Waals surface area contributed by atoms with Crippen molar-refractivity contribution < 1.29 is 9.13 Å². The smallest absolute Gasteiger partial charge is 0.137 e. The van der Waals surface area contributed by atoms with Gasteiger partial charge in [0.25, 0.3) is 0 Å². The van der Waals surface area contributed by atoms with Gasteiger partial charge in [-0.3, -0.25) is 4.57 Å². The minimum atomic E-state index is -0.247. The SMILES string of the molecule is CCc1cccc(CC)c1-c1cc(Oc2ccc3c4ccccc4n(-c4cc(C(C)C)ccn4)c3c2)cc(N2CN(c3ccc(F)cc3)c3ccccc32)c1. The van der Waals surface area contributed by atoms with Crippen LogP contribution in [0.4, 0.5) is 27.1 Å². The third-order valence-corrected chi connectivity index (χ3v) is 10.9. The van der Waals surface area contributed by atoms with Crippen molar-refractivity contribution in [1.82, 2.24) is 9.55 Å². The number of fused-ring (bicyclic) bond motifs is 4. The fraction of sp³-hybridized carbons (Fsp3) is 0.163. The van der Waals surface area contributed by atoms with E-state index in [2.05, 4.69) is 157 Å². The van der Waals surface area contributed by atoms with Crippen LogP contribution in [-0.2, 0) is 12.8 Å². The lowest BCUT2D eigenvalue weighted by Crippen LogP contribution is -2.24. The molecule has 9 rings (SSSR count). The maximum absolute atomic E-state index is 14.0. The van der Waals surface area contributed by atoms with Crippen LogP contribution in [0.1, 0.15) is 50.3 Å². The van der Waals surface area contributed by atoms with Crippen molar-refractivity contribution in [2.24, 2.45) is 0 Å². The van der Waals surface area contributed by atoms with Crippen molar-refractivity contribution in [1.29, 1.82) is 0 Å². The first-order chi connectivity index (χ1) is 26.9. The number of nitrogens with zero attached hydrogens (tertiary/aromatic N) is 4. The van der Waals surface area contributed by atoms with E-state index in [1.165, 1.54) is 39.8 Å². The van der Waals surface area contributed by atoms with Crippen LogP contribution in [0.25, 0.3) is 38.8 Å². The molecule has 0 spiro atoms. The van der Waals surface area contributed by atoms with E-state index < -0.39 is 0 Å². The Morgan fingerprint density at radius 2 is 1.33 bits per heavy atom. The van der Waals surface area contributed by atoms with Gasteiger partial charge < -0.3 is 14.5 Å². The summed E-state index contributed by atoms with van der Waals surface area (Å²) in [6, 6.07) is 47.6. The number of para-hydroxylation sites is 3. The first-order valence-corrected chi connectivity index (χ1v) is 19.2. The zero-order valence-electron chi connectivity index (χ0n) is 31.6. The van der Waals surface area contributed by atoms with Crippen molar-refractivity contribution in [3.8, 4) is 28.4 Å². The molecule has 0 aliphatic carbocycles. The summed E-state index contributed by atoms with van der Waals surface area (Å²) in [7, 11) is 0. The molecule has 272 valence electrons. The van der Waals surface area contributed by atoms with Gasteiger partial charge in [0.2, 0.25) is 0 Å². The lowest BCUT2D eigenvalue weighted by atomic mass is 9.91. The third kappa shape index (κ3) is 6.18. The van der Waals surface area contributed by atoms with E-state index in [4.69, 9.17) is 9.72 Å². The van der Waals surface area contributed by atoms with Gasteiger partial charge in [0.1, 0.15) is 29.8 Å². The molecule has 0 N–H and O–H groups in total. The largest absolute Gasteiger partial charge is 0.457 e. The number of hydrogen-bond acceptors (Lipinski definition) is 4. The van der Waals surface area contributed by atoms with E-state index in [0.717, 1.165) is 74.9 Å². The minimum Gasteiger partial charge on any atom is -0.457 e. The fourth-order valence-electron chi connectivity index (χ4n) is 8.15. The van der Waals surface area contributed by atoms with Gasteiger partial charge >= 0.3 is 0 Å². The normalized spacial score (nSPS) is 12.6. The monoisotopic (exact) mass is 722 g/mol. The number of hydrogen-bond donors (Lipinski definition) is 0. The van der Waals surface area contributed by atoms with Gasteiger partial charge in [0, 0.05) is 40.5 Å². The third-order valence-electron chi connectivity index (χ3n) is 10.9. The van der Waals surface area contributed by atoms with Crippen molar-refractivity contribution in [3.05, 3.63) is 168 Å². The molecule has 0 bridgehead atoms. The van der Waals surface area contributed by atoms with Crippen LogP contribution in [0.15, 0.2) is 146 Å². The number of anilines is 4. The Morgan fingerprint density at radius 1 is 0.636 bits per heavy atom. The summed E-state index contributed by atoms with van der Waals surface area (Å²) in [6.07, 6.45) is 3.74. The van der Waals surface area contributed by atoms with Crippen molar-refractivity contribution >= 4 is 44.6 Å². The number of rotatable bonds is 9. The molecule has 0 atom stereocenters. The molecule has 8 aromatic rings. The molecule has 0 saturated carbocycles. The molecule has 6 heteroatoms. The highest BCUT2D eigenvalue weighted by atomic mass is 19.1. The molecule has 0 radical (unpaired) electrons.